The number of aromatic nitrogens is 2. The van der Waals surface area contributed by atoms with E-state index < -0.39 is 17.6 Å². The number of nitrogens with one attached hydrogen (secondary N) is 1. The highest BCUT2D eigenvalue weighted by molar-refractivity contribution is 6.31. The molecule has 1 aromatic heterocycles. The van der Waals surface area contributed by atoms with Crippen LogP contribution in [0.25, 0.3) is 11.3 Å². The average Bonchev–Trinajstić information content (AvgIpc) is 2.99. The molecule has 1 fully saturated rings. The van der Waals surface area contributed by atoms with E-state index in [1.807, 2.05) is 50.1 Å². The lowest BCUT2D eigenvalue weighted by atomic mass is 10.0. The molecule has 2 heterocycles. The molecule has 10 heteroatoms. The number of halogens is 4. The number of carbonyl (C=O) groups excluding carboxylic acids is 1. The van der Waals surface area contributed by atoms with Gasteiger partial charge in [-0.1, -0.05) is 35.7 Å². The van der Waals surface area contributed by atoms with E-state index in [2.05, 4.69) is 32.3 Å². The first kappa shape index (κ1) is 31.2. The van der Waals surface area contributed by atoms with Crippen molar-refractivity contribution in [3.8, 4) is 23.1 Å². The topological polar surface area (TPSA) is 61.4 Å². The molecule has 0 aliphatic carbocycles. The Morgan fingerprint density at radius 2 is 1.68 bits per heavy atom. The fourth-order valence-electron chi connectivity index (χ4n) is 4.89. The van der Waals surface area contributed by atoms with E-state index in [0.29, 0.717) is 35.1 Å². The molecule has 5 rings (SSSR count). The normalized spacial score (nSPS) is 14.2. The summed E-state index contributed by atoms with van der Waals surface area (Å²) in [5.41, 5.74) is 4.18. The van der Waals surface area contributed by atoms with Crippen LogP contribution in [-0.2, 0) is 12.7 Å². The molecular formula is C34H31ClF3N5O. The third-order valence-corrected chi connectivity index (χ3v) is 8.03. The molecule has 226 valence electrons. The highest BCUT2D eigenvalue weighted by Gasteiger charge is 2.34. The summed E-state index contributed by atoms with van der Waals surface area (Å²) in [7, 11) is 2.00. The molecule has 1 aliphatic heterocycles. The van der Waals surface area contributed by atoms with E-state index in [0.717, 1.165) is 35.8 Å². The number of likely N-dealkylation sites (N-methyl/N-ethyl adjacent to an activating group) is 1. The van der Waals surface area contributed by atoms with E-state index in [1.54, 1.807) is 24.3 Å². The summed E-state index contributed by atoms with van der Waals surface area (Å²) >= 11 is 6.12. The van der Waals surface area contributed by atoms with Gasteiger partial charge in [-0.3, -0.25) is 9.69 Å². The Hall–Kier alpha value is -4.23. The van der Waals surface area contributed by atoms with Crippen LogP contribution >= 0.6 is 11.6 Å². The Labute approximate surface area is 259 Å². The van der Waals surface area contributed by atoms with Crippen LogP contribution in [0, 0.1) is 25.7 Å². The highest BCUT2D eigenvalue weighted by Crippen LogP contribution is 2.35. The van der Waals surface area contributed by atoms with Gasteiger partial charge in [0, 0.05) is 60.1 Å². The number of anilines is 1. The zero-order chi connectivity index (χ0) is 31.4. The van der Waals surface area contributed by atoms with Crippen LogP contribution in [0.1, 0.15) is 43.9 Å². The molecule has 3 aromatic carbocycles. The van der Waals surface area contributed by atoms with E-state index in [-0.39, 0.29) is 23.4 Å². The quantitative estimate of drug-likeness (QED) is 0.249. The number of nitrogens with zero attached hydrogens (tertiary/aromatic N) is 4. The van der Waals surface area contributed by atoms with Crippen molar-refractivity contribution in [2.75, 3.05) is 38.5 Å². The van der Waals surface area contributed by atoms with Crippen molar-refractivity contribution in [3.05, 3.63) is 111 Å². The summed E-state index contributed by atoms with van der Waals surface area (Å²) in [5.74, 6) is 5.48. The van der Waals surface area contributed by atoms with E-state index >= 15 is 0 Å². The van der Waals surface area contributed by atoms with Crippen molar-refractivity contribution in [2.24, 2.45) is 0 Å². The number of rotatable bonds is 5. The summed E-state index contributed by atoms with van der Waals surface area (Å²) in [6.45, 7) is 6.99. The zero-order valence-electron chi connectivity index (χ0n) is 24.6. The molecular weight excluding hydrogens is 587 g/mol. The summed E-state index contributed by atoms with van der Waals surface area (Å²) in [6.07, 6.45) is -4.55. The molecule has 0 atom stereocenters. The van der Waals surface area contributed by atoms with Gasteiger partial charge in [-0.15, -0.1) is 10.2 Å². The molecule has 1 N–H and O–H groups in total. The van der Waals surface area contributed by atoms with Gasteiger partial charge in [-0.25, -0.2) is 0 Å². The first-order chi connectivity index (χ1) is 21.0. The summed E-state index contributed by atoms with van der Waals surface area (Å²) in [4.78, 5) is 17.2. The van der Waals surface area contributed by atoms with Gasteiger partial charge < -0.3 is 10.2 Å². The number of alkyl halides is 3. The van der Waals surface area contributed by atoms with Crippen molar-refractivity contribution < 1.29 is 18.0 Å². The lowest BCUT2D eigenvalue weighted by molar-refractivity contribution is -0.138. The maximum absolute atomic E-state index is 14.0. The fourth-order valence-corrected chi connectivity index (χ4v) is 5.01. The second-order valence-corrected chi connectivity index (χ2v) is 11.4. The third kappa shape index (κ3) is 7.64. The largest absolute Gasteiger partial charge is 0.416 e. The fraction of sp³-hybridized carbons (Fsp3) is 0.265. The minimum Gasteiger partial charge on any atom is -0.322 e. The number of carbonyl (C=O) groups is 1. The number of hydrogen-bond acceptors (Lipinski definition) is 5. The van der Waals surface area contributed by atoms with E-state index in [4.69, 9.17) is 11.6 Å². The molecule has 0 radical (unpaired) electrons. The molecule has 6 nitrogen and oxygen atoms in total. The molecule has 1 amide bonds. The second-order valence-electron chi connectivity index (χ2n) is 11.0. The smallest absolute Gasteiger partial charge is 0.322 e. The number of benzene rings is 3. The van der Waals surface area contributed by atoms with Crippen molar-refractivity contribution >= 4 is 23.2 Å². The molecule has 1 aliphatic rings. The summed E-state index contributed by atoms with van der Waals surface area (Å²) in [5, 5.41) is 11.8. The van der Waals surface area contributed by atoms with E-state index in [9.17, 15) is 18.0 Å². The van der Waals surface area contributed by atoms with Crippen molar-refractivity contribution in [2.45, 2.75) is 26.6 Å². The zero-order valence-corrected chi connectivity index (χ0v) is 25.4. The highest BCUT2D eigenvalue weighted by atomic mass is 35.5. The van der Waals surface area contributed by atoms with Gasteiger partial charge in [-0.2, -0.15) is 13.2 Å². The Morgan fingerprint density at radius 3 is 2.36 bits per heavy atom. The van der Waals surface area contributed by atoms with Gasteiger partial charge in [0.1, 0.15) is 5.69 Å². The monoisotopic (exact) mass is 617 g/mol. The van der Waals surface area contributed by atoms with Crippen LogP contribution in [0.5, 0.6) is 0 Å². The average molecular weight is 618 g/mol. The number of hydrogen-bond donors (Lipinski definition) is 1. The molecule has 4 aromatic rings. The van der Waals surface area contributed by atoms with Gasteiger partial charge in [0.05, 0.1) is 11.3 Å². The van der Waals surface area contributed by atoms with Crippen LogP contribution in [0.3, 0.4) is 0 Å². The summed E-state index contributed by atoms with van der Waals surface area (Å²) < 4.78 is 42.0. The Bertz CT molecular complexity index is 1740. The lowest BCUT2D eigenvalue weighted by Crippen LogP contribution is -2.44. The molecule has 44 heavy (non-hydrogen) atoms. The van der Waals surface area contributed by atoms with Gasteiger partial charge in [0.15, 0.2) is 0 Å². The minimum atomic E-state index is -4.55. The Morgan fingerprint density at radius 1 is 0.909 bits per heavy atom. The van der Waals surface area contributed by atoms with Crippen molar-refractivity contribution in [3.63, 3.8) is 0 Å². The molecule has 0 unspecified atom stereocenters. The van der Waals surface area contributed by atoms with Gasteiger partial charge in [-0.05, 0) is 92.0 Å². The second kappa shape index (κ2) is 13.2. The van der Waals surface area contributed by atoms with Crippen LogP contribution in [0.4, 0.5) is 18.9 Å². The number of aryl methyl sites for hydroxylation is 2. The van der Waals surface area contributed by atoms with Crippen LogP contribution < -0.4 is 5.32 Å². The maximum Gasteiger partial charge on any atom is 0.416 e. The first-order valence-corrected chi connectivity index (χ1v) is 14.5. The predicted molar refractivity (Wildman–Crippen MR) is 167 cm³/mol. The Kier molecular flexibility index (Phi) is 9.35. The van der Waals surface area contributed by atoms with Crippen LogP contribution in [0.15, 0.2) is 66.7 Å². The first-order valence-electron chi connectivity index (χ1n) is 14.1. The number of piperazine rings is 1. The van der Waals surface area contributed by atoms with Crippen LogP contribution in [-0.4, -0.2) is 59.1 Å². The van der Waals surface area contributed by atoms with Gasteiger partial charge in [0.25, 0.3) is 5.91 Å². The predicted octanol–water partition coefficient (Wildman–Crippen LogP) is 6.83. The standard InChI is InChI=1S/C34H31ClF3N5O/c1-22-4-5-26(19-24(22)6-9-28-11-13-32(41-40-28)25-8-12-31(35)23(2)18-25)33(44)39-29-10-7-27(30(20-29)34(36,37)38)21-43-16-14-42(3)15-17-43/h4-5,7-8,10-13,18-20H,14-17,21H2,1-3H3,(H,39,44). The van der Waals surface area contributed by atoms with E-state index in [1.165, 1.54) is 12.1 Å². The SMILES string of the molecule is Cc1cc(-c2ccc(C#Cc3cc(C(=O)Nc4ccc(CN5CCN(C)CC5)c(C(F)(F)F)c4)ccc3C)nn2)ccc1Cl. The van der Waals surface area contributed by atoms with Gasteiger partial charge >= 0.3 is 6.18 Å². The van der Waals surface area contributed by atoms with Gasteiger partial charge in [0.2, 0.25) is 0 Å². The minimum absolute atomic E-state index is 0.0731. The molecule has 0 spiro atoms. The molecule has 1 saturated heterocycles. The van der Waals surface area contributed by atoms with Crippen molar-refractivity contribution in [1.82, 2.24) is 20.0 Å². The lowest BCUT2D eigenvalue weighted by Gasteiger charge is -2.33. The Balaban J connectivity index is 1.30. The third-order valence-electron chi connectivity index (χ3n) is 7.61. The van der Waals surface area contributed by atoms with Crippen LogP contribution in [0.2, 0.25) is 5.02 Å². The molecule has 0 bridgehead atoms. The maximum atomic E-state index is 14.0. The van der Waals surface area contributed by atoms with Crippen molar-refractivity contribution in [1.29, 1.82) is 0 Å². The summed E-state index contributed by atoms with van der Waals surface area (Å²) in [6, 6.07) is 18.1. The molecule has 0 saturated carbocycles. The number of amides is 1.